The average molecular weight is 488 g/mol. The average Bonchev–Trinajstić information content (AvgIpc) is 3.24. The Kier molecular flexibility index (Phi) is 6.17. The van der Waals surface area contributed by atoms with Gasteiger partial charge in [0.25, 0.3) is 0 Å². The first kappa shape index (κ1) is 24.2. The Morgan fingerprint density at radius 3 is 2.53 bits per heavy atom. The molecule has 9 nitrogen and oxygen atoms in total. The molecule has 1 aliphatic rings. The molecule has 2 aromatic carbocycles. The van der Waals surface area contributed by atoms with Gasteiger partial charge in [0.15, 0.2) is 0 Å². The minimum atomic E-state index is -3.89. The molecular formula is C24H29N3O6S. The molecule has 0 amide bonds. The standard InChI is InChI=1S/C24H29N3O6S/c1-15(2)33-17-6-8-18(9-7-17)34(31,32)26-13-22(24(4,30)14-26)27-21-11-16(3)5-10-19(21)20(25-27)12-23(28)29/h5-11,15,22,30H,12-14H2,1-4H3,(H,28,29)/t22-,24-/m0/s1. The first-order valence-electron chi connectivity index (χ1n) is 11.1. The van der Waals surface area contributed by atoms with Crippen molar-refractivity contribution in [1.82, 2.24) is 14.1 Å². The first-order chi connectivity index (χ1) is 15.9. The van der Waals surface area contributed by atoms with Gasteiger partial charge in [-0.05, 0) is 63.6 Å². The predicted octanol–water partition coefficient (Wildman–Crippen LogP) is 2.76. The lowest BCUT2D eigenvalue weighted by Gasteiger charge is -2.25. The van der Waals surface area contributed by atoms with Crippen molar-refractivity contribution < 1.29 is 28.2 Å². The van der Waals surface area contributed by atoms with Crippen molar-refractivity contribution in [3.05, 3.63) is 53.7 Å². The molecule has 4 rings (SSSR count). The van der Waals surface area contributed by atoms with Crippen molar-refractivity contribution in [1.29, 1.82) is 0 Å². The van der Waals surface area contributed by atoms with Gasteiger partial charge in [0.05, 0.1) is 40.3 Å². The summed E-state index contributed by atoms with van der Waals surface area (Å²) in [7, 11) is -3.89. The Bertz CT molecular complexity index is 1330. The van der Waals surface area contributed by atoms with Crippen molar-refractivity contribution in [3.63, 3.8) is 0 Å². The molecule has 10 heteroatoms. The van der Waals surface area contributed by atoms with Crippen LogP contribution in [0.5, 0.6) is 5.75 Å². The van der Waals surface area contributed by atoms with E-state index in [2.05, 4.69) is 5.10 Å². The number of hydrogen-bond acceptors (Lipinski definition) is 6. The van der Waals surface area contributed by atoms with Crippen molar-refractivity contribution in [2.45, 2.75) is 56.8 Å². The zero-order chi connectivity index (χ0) is 24.8. The molecule has 1 fully saturated rings. The summed E-state index contributed by atoms with van der Waals surface area (Å²) in [5.74, 6) is -0.441. The van der Waals surface area contributed by atoms with E-state index >= 15 is 0 Å². The molecule has 182 valence electrons. The monoisotopic (exact) mass is 487 g/mol. The van der Waals surface area contributed by atoms with E-state index in [-0.39, 0.29) is 30.5 Å². The fourth-order valence-electron chi connectivity index (χ4n) is 4.38. The lowest BCUT2D eigenvalue weighted by atomic mass is 10.0. The molecule has 3 aromatic rings. The number of aromatic nitrogens is 2. The molecule has 0 spiro atoms. The van der Waals surface area contributed by atoms with Gasteiger partial charge in [-0.2, -0.15) is 9.40 Å². The topological polar surface area (TPSA) is 122 Å². The molecule has 0 unspecified atom stereocenters. The maximum absolute atomic E-state index is 13.4. The summed E-state index contributed by atoms with van der Waals surface area (Å²) in [6.45, 7) is 7.14. The minimum Gasteiger partial charge on any atom is -0.491 e. The third kappa shape index (κ3) is 4.53. The van der Waals surface area contributed by atoms with Crippen LogP contribution in [0.25, 0.3) is 10.9 Å². The lowest BCUT2D eigenvalue weighted by Crippen LogP contribution is -2.37. The Morgan fingerprint density at radius 1 is 1.24 bits per heavy atom. The maximum Gasteiger partial charge on any atom is 0.309 e. The Labute approximate surface area is 198 Å². The molecule has 34 heavy (non-hydrogen) atoms. The lowest BCUT2D eigenvalue weighted by molar-refractivity contribution is -0.136. The van der Waals surface area contributed by atoms with Gasteiger partial charge in [-0.3, -0.25) is 9.48 Å². The molecule has 0 radical (unpaired) electrons. The summed E-state index contributed by atoms with van der Waals surface area (Å²) in [5.41, 5.74) is 0.564. The van der Waals surface area contributed by atoms with Crippen molar-refractivity contribution in [3.8, 4) is 5.75 Å². The fraction of sp³-hybridized carbons (Fsp3) is 0.417. The van der Waals surface area contributed by atoms with Crippen LogP contribution >= 0.6 is 0 Å². The number of β-amino-alcohol motifs (C(OH)–C–C–N with tert-alkyl or cyclic N) is 1. The van der Waals surface area contributed by atoms with E-state index < -0.39 is 27.6 Å². The number of carboxylic acids is 1. The number of rotatable bonds is 7. The van der Waals surface area contributed by atoms with E-state index in [0.29, 0.717) is 22.3 Å². The van der Waals surface area contributed by atoms with E-state index in [1.807, 2.05) is 39.0 Å². The summed E-state index contributed by atoms with van der Waals surface area (Å²) < 4.78 is 35.2. The predicted molar refractivity (Wildman–Crippen MR) is 126 cm³/mol. The molecule has 2 atom stereocenters. The van der Waals surface area contributed by atoms with Crippen LogP contribution in [0, 0.1) is 6.92 Å². The zero-order valence-electron chi connectivity index (χ0n) is 19.6. The molecule has 0 bridgehead atoms. The highest BCUT2D eigenvalue weighted by atomic mass is 32.2. The van der Waals surface area contributed by atoms with Crippen LogP contribution in [0.4, 0.5) is 0 Å². The highest BCUT2D eigenvalue weighted by molar-refractivity contribution is 7.89. The maximum atomic E-state index is 13.4. The largest absolute Gasteiger partial charge is 0.491 e. The van der Waals surface area contributed by atoms with Gasteiger partial charge in [0.1, 0.15) is 5.75 Å². The SMILES string of the molecule is Cc1ccc2c(CC(=O)O)nn([C@H]3CN(S(=O)(=O)c4ccc(OC(C)C)cc4)C[C@]3(C)O)c2c1. The van der Waals surface area contributed by atoms with Gasteiger partial charge in [-0.1, -0.05) is 12.1 Å². The van der Waals surface area contributed by atoms with Crippen molar-refractivity contribution >= 4 is 26.9 Å². The number of aliphatic hydroxyl groups is 1. The highest BCUT2D eigenvalue weighted by Gasteiger charge is 2.48. The number of carbonyl (C=O) groups is 1. The number of benzene rings is 2. The fourth-order valence-corrected chi connectivity index (χ4v) is 5.92. The third-order valence-electron chi connectivity index (χ3n) is 5.98. The number of aryl methyl sites for hydroxylation is 1. The number of carboxylic acid groups (broad SMARTS) is 1. The minimum absolute atomic E-state index is 0.00316. The number of hydrogen-bond donors (Lipinski definition) is 2. The second-order valence-electron chi connectivity index (χ2n) is 9.29. The Morgan fingerprint density at radius 2 is 1.91 bits per heavy atom. The van der Waals surface area contributed by atoms with Gasteiger partial charge in [-0.15, -0.1) is 0 Å². The van der Waals surface area contributed by atoms with Crippen molar-refractivity contribution in [2.24, 2.45) is 0 Å². The van der Waals surface area contributed by atoms with E-state index in [1.54, 1.807) is 23.7 Å². The van der Waals surface area contributed by atoms with Gasteiger partial charge < -0.3 is 14.9 Å². The molecular weight excluding hydrogens is 458 g/mol. The molecule has 1 aliphatic heterocycles. The normalized spacial score (nSPS) is 21.4. The van der Waals surface area contributed by atoms with Gasteiger partial charge >= 0.3 is 5.97 Å². The van der Waals surface area contributed by atoms with Crippen LogP contribution in [-0.4, -0.2) is 63.5 Å². The van der Waals surface area contributed by atoms with Crippen molar-refractivity contribution in [2.75, 3.05) is 13.1 Å². The summed E-state index contributed by atoms with van der Waals surface area (Å²) in [5, 5.41) is 25.7. The van der Waals surface area contributed by atoms with Crippen LogP contribution in [0.15, 0.2) is 47.4 Å². The molecule has 1 saturated heterocycles. The second-order valence-corrected chi connectivity index (χ2v) is 11.2. The summed E-state index contributed by atoms with van der Waals surface area (Å²) in [4.78, 5) is 11.5. The van der Waals surface area contributed by atoms with Crippen LogP contribution < -0.4 is 4.74 Å². The first-order valence-corrected chi connectivity index (χ1v) is 12.5. The smallest absolute Gasteiger partial charge is 0.309 e. The van der Waals surface area contributed by atoms with Gasteiger partial charge in [0.2, 0.25) is 10.0 Å². The number of sulfonamides is 1. The van der Waals surface area contributed by atoms with E-state index in [4.69, 9.17) is 4.74 Å². The van der Waals surface area contributed by atoms with E-state index in [0.717, 1.165) is 5.56 Å². The molecule has 0 aliphatic carbocycles. The zero-order valence-corrected chi connectivity index (χ0v) is 20.4. The molecule has 1 aromatic heterocycles. The number of ether oxygens (including phenoxy) is 1. The number of aliphatic carboxylic acids is 1. The number of fused-ring (bicyclic) bond motifs is 1. The number of nitrogens with zero attached hydrogens (tertiary/aromatic N) is 3. The Balaban J connectivity index is 1.69. The van der Waals surface area contributed by atoms with E-state index in [1.165, 1.54) is 16.4 Å². The van der Waals surface area contributed by atoms with Gasteiger partial charge in [0, 0.05) is 18.5 Å². The van der Waals surface area contributed by atoms with Crippen LogP contribution in [0.2, 0.25) is 0 Å². The highest BCUT2D eigenvalue weighted by Crippen LogP contribution is 2.37. The molecule has 2 N–H and O–H groups in total. The van der Waals surface area contributed by atoms with Crippen LogP contribution in [-0.2, 0) is 21.2 Å². The Hall–Kier alpha value is -2.95. The molecule has 2 heterocycles. The summed E-state index contributed by atoms with van der Waals surface area (Å²) in [6, 6.07) is 11.1. The quantitative estimate of drug-likeness (QED) is 0.525. The van der Waals surface area contributed by atoms with Crippen LogP contribution in [0.3, 0.4) is 0 Å². The summed E-state index contributed by atoms with van der Waals surface area (Å²) in [6.07, 6.45) is -0.302. The van der Waals surface area contributed by atoms with Gasteiger partial charge in [-0.25, -0.2) is 8.42 Å². The second kappa shape index (κ2) is 8.68. The molecule has 0 saturated carbocycles. The van der Waals surface area contributed by atoms with Crippen LogP contribution in [0.1, 0.15) is 38.1 Å². The third-order valence-corrected chi connectivity index (χ3v) is 7.80. The summed E-state index contributed by atoms with van der Waals surface area (Å²) >= 11 is 0. The van der Waals surface area contributed by atoms with E-state index in [9.17, 15) is 23.4 Å².